The van der Waals surface area contributed by atoms with Gasteiger partial charge in [0.05, 0.1) is 11.4 Å². The van der Waals surface area contributed by atoms with Crippen LogP contribution in [0.3, 0.4) is 0 Å². The van der Waals surface area contributed by atoms with Crippen molar-refractivity contribution in [2.45, 2.75) is 11.4 Å². The smallest absolute Gasteiger partial charge is 0.312 e. The van der Waals surface area contributed by atoms with Gasteiger partial charge in [0.25, 0.3) is 0 Å². The van der Waals surface area contributed by atoms with Gasteiger partial charge in [0.1, 0.15) is 0 Å². The van der Waals surface area contributed by atoms with E-state index in [1.54, 1.807) is 11.8 Å². The number of thioether (sulfide) groups is 1. The first-order valence-corrected chi connectivity index (χ1v) is 4.57. The third-order valence-electron chi connectivity index (χ3n) is 1.34. The first-order chi connectivity index (χ1) is 4.70. The minimum Gasteiger partial charge on any atom is -0.352 e. The Hall–Kier alpha value is -0.0900. The molecule has 1 aliphatic rings. The fourth-order valence-electron chi connectivity index (χ4n) is 0.843. The van der Waals surface area contributed by atoms with Crippen LogP contribution in [0.1, 0.15) is 0 Å². The van der Waals surface area contributed by atoms with Gasteiger partial charge in [-0.2, -0.15) is 11.8 Å². The van der Waals surface area contributed by atoms with Crippen molar-refractivity contribution >= 4 is 29.4 Å². The van der Waals surface area contributed by atoms with E-state index in [0.717, 1.165) is 11.5 Å². The van der Waals surface area contributed by atoms with E-state index in [1.807, 2.05) is 0 Å². The van der Waals surface area contributed by atoms with Gasteiger partial charge in [-0.3, -0.25) is 0 Å². The van der Waals surface area contributed by atoms with Crippen molar-refractivity contribution < 1.29 is 4.79 Å². The molecule has 0 aromatic heterocycles. The highest BCUT2D eigenvalue weighted by atomic mass is 35.5. The zero-order chi connectivity index (χ0) is 7.56. The Bertz CT molecular complexity index is 144. The molecule has 2 amide bonds. The Kier molecular flexibility index (Phi) is 2.68. The van der Waals surface area contributed by atoms with Gasteiger partial charge in [-0.25, -0.2) is 4.79 Å². The normalized spacial score (nSPS) is 32.1. The molecule has 0 aromatic carbocycles. The molecule has 58 valence electrons. The number of carbonyl (C=O) groups is 1. The van der Waals surface area contributed by atoms with Crippen LogP contribution < -0.4 is 11.1 Å². The Balaban J connectivity index is 2.33. The van der Waals surface area contributed by atoms with Crippen molar-refractivity contribution in [2.24, 2.45) is 5.73 Å². The van der Waals surface area contributed by atoms with E-state index < -0.39 is 6.03 Å². The van der Waals surface area contributed by atoms with Crippen LogP contribution in [-0.2, 0) is 0 Å². The van der Waals surface area contributed by atoms with Crippen molar-refractivity contribution in [3.8, 4) is 0 Å². The highest BCUT2D eigenvalue weighted by molar-refractivity contribution is 7.99. The van der Waals surface area contributed by atoms with Gasteiger partial charge in [0, 0.05) is 11.5 Å². The maximum Gasteiger partial charge on any atom is 0.312 e. The monoisotopic (exact) mass is 180 g/mol. The zero-order valence-corrected chi connectivity index (χ0v) is 6.91. The molecule has 0 aliphatic carbocycles. The van der Waals surface area contributed by atoms with Gasteiger partial charge in [-0.05, 0) is 0 Å². The SMILES string of the molecule is NC(=O)N[C@@H]1CSC[C@H]1Cl. The summed E-state index contributed by atoms with van der Waals surface area (Å²) in [6.07, 6.45) is 0. The molecule has 2 atom stereocenters. The predicted molar refractivity (Wildman–Crippen MR) is 43.5 cm³/mol. The fourth-order valence-corrected chi connectivity index (χ4v) is 2.53. The summed E-state index contributed by atoms with van der Waals surface area (Å²) in [6, 6.07) is -0.428. The fraction of sp³-hybridized carbons (Fsp3) is 0.800. The molecule has 1 saturated heterocycles. The maximum absolute atomic E-state index is 10.3. The first-order valence-electron chi connectivity index (χ1n) is 2.98. The average molecular weight is 181 g/mol. The van der Waals surface area contributed by atoms with E-state index in [-0.39, 0.29) is 11.4 Å². The molecule has 0 saturated carbocycles. The molecule has 0 spiro atoms. The second-order valence-electron chi connectivity index (χ2n) is 2.17. The van der Waals surface area contributed by atoms with Crippen molar-refractivity contribution in [2.75, 3.05) is 11.5 Å². The molecule has 10 heavy (non-hydrogen) atoms. The number of hydrogen-bond acceptors (Lipinski definition) is 2. The van der Waals surface area contributed by atoms with E-state index in [9.17, 15) is 4.79 Å². The first kappa shape index (κ1) is 8.01. The number of rotatable bonds is 1. The number of primary amides is 1. The van der Waals surface area contributed by atoms with Crippen LogP contribution in [0.15, 0.2) is 0 Å². The molecule has 1 heterocycles. The van der Waals surface area contributed by atoms with Gasteiger partial charge in [-0.15, -0.1) is 11.6 Å². The Morgan fingerprint density at radius 3 is 2.80 bits per heavy atom. The molecule has 1 rings (SSSR count). The quantitative estimate of drug-likeness (QED) is 0.574. The molecular weight excluding hydrogens is 172 g/mol. The lowest BCUT2D eigenvalue weighted by molar-refractivity contribution is 0.246. The van der Waals surface area contributed by atoms with E-state index >= 15 is 0 Å². The Morgan fingerprint density at radius 2 is 2.40 bits per heavy atom. The standard InChI is InChI=1S/C5H9ClN2OS/c6-3-1-10-2-4(3)8-5(7)9/h3-4H,1-2H2,(H3,7,8,9)/t3-,4-/m1/s1. The number of urea groups is 1. The summed E-state index contributed by atoms with van der Waals surface area (Å²) in [5, 5.41) is 2.62. The summed E-state index contributed by atoms with van der Waals surface area (Å²) in [5.74, 6) is 1.77. The second-order valence-corrected chi connectivity index (χ2v) is 3.80. The molecule has 1 fully saturated rings. The summed E-state index contributed by atoms with van der Waals surface area (Å²) in [6.45, 7) is 0. The van der Waals surface area contributed by atoms with Crippen molar-refractivity contribution in [3.05, 3.63) is 0 Å². The van der Waals surface area contributed by atoms with Gasteiger partial charge < -0.3 is 11.1 Å². The maximum atomic E-state index is 10.3. The van der Waals surface area contributed by atoms with Crippen LogP contribution in [0.2, 0.25) is 0 Å². The number of hydrogen-bond donors (Lipinski definition) is 2. The van der Waals surface area contributed by atoms with Crippen LogP contribution in [0.4, 0.5) is 4.79 Å². The minimum absolute atomic E-state index is 0.0394. The topological polar surface area (TPSA) is 55.1 Å². The largest absolute Gasteiger partial charge is 0.352 e. The second kappa shape index (κ2) is 3.34. The van der Waals surface area contributed by atoms with E-state index in [2.05, 4.69) is 5.32 Å². The number of amides is 2. The summed E-state index contributed by atoms with van der Waals surface area (Å²) in [7, 11) is 0. The molecule has 3 N–H and O–H groups in total. The number of alkyl halides is 1. The zero-order valence-electron chi connectivity index (χ0n) is 5.34. The van der Waals surface area contributed by atoms with Gasteiger partial charge in [0.15, 0.2) is 0 Å². The predicted octanol–water partition coefficient (Wildman–Crippen LogP) is 0.378. The lowest BCUT2D eigenvalue weighted by Crippen LogP contribution is -2.43. The molecule has 0 unspecified atom stereocenters. The minimum atomic E-state index is -0.488. The van der Waals surface area contributed by atoms with Crippen LogP contribution in [0, 0.1) is 0 Å². The average Bonchev–Trinajstić information content (AvgIpc) is 2.15. The van der Waals surface area contributed by atoms with E-state index in [4.69, 9.17) is 17.3 Å². The number of nitrogens with two attached hydrogens (primary N) is 1. The van der Waals surface area contributed by atoms with Crippen LogP contribution in [-0.4, -0.2) is 29.0 Å². The van der Waals surface area contributed by atoms with Crippen LogP contribution in [0.5, 0.6) is 0 Å². The Labute approximate surface area is 68.7 Å². The van der Waals surface area contributed by atoms with Crippen LogP contribution in [0.25, 0.3) is 0 Å². The lowest BCUT2D eigenvalue weighted by Gasteiger charge is -2.11. The summed E-state index contributed by atoms with van der Waals surface area (Å²) >= 11 is 7.56. The summed E-state index contributed by atoms with van der Waals surface area (Å²) in [4.78, 5) is 10.3. The summed E-state index contributed by atoms with van der Waals surface area (Å²) < 4.78 is 0. The van der Waals surface area contributed by atoms with Crippen molar-refractivity contribution in [1.29, 1.82) is 0 Å². The van der Waals surface area contributed by atoms with E-state index in [1.165, 1.54) is 0 Å². The lowest BCUT2D eigenvalue weighted by atomic mass is 10.2. The third kappa shape index (κ3) is 1.95. The summed E-state index contributed by atoms with van der Waals surface area (Å²) in [5.41, 5.74) is 4.92. The number of nitrogens with one attached hydrogen (secondary N) is 1. The highest BCUT2D eigenvalue weighted by Gasteiger charge is 2.26. The van der Waals surface area contributed by atoms with E-state index in [0.29, 0.717) is 0 Å². The molecular formula is C5H9ClN2OS. The molecule has 1 aliphatic heterocycles. The van der Waals surface area contributed by atoms with Crippen molar-refractivity contribution in [1.82, 2.24) is 5.32 Å². The molecule has 0 bridgehead atoms. The molecule has 0 radical (unpaired) electrons. The molecule has 0 aromatic rings. The molecule has 5 heteroatoms. The van der Waals surface area contributed by atoms with Gasteiger partial charge in [0.2, 0.25) is 0 Å². The highest BCUT2D eigenvalue weighted by Crippen LogP contribution is 2.22. The number of carbonyl (C=O) groups excluding carboxylic acids is 1. The van der Waals surface area contributed by atoms with Crippen LogP contribution >= 0.6 is 23.4 Å². The Morgan fingerprint density at radius 1 is 1.70 bits per heavy atom. The van der Waals surface area contributed by atoms with Crippen molar-refractivity contribution in [3.63, 3.8) is 0 Å². The third-order valence-corrected chi connectivity index (χ3v) is 3.17. The molecule has 3 nitrogen and oxygen atoms in total. The van der Waals surface area contributed by atoms with Gasteiger partial charge in [-0.1, -0.05) is 0 Å². The number of halogens is 1. The van der Waals surface area contributed by atoms with Gasteiger partial charge >= 0.3 is 6.03 Å².